The van der Waals surface area contributed by atoms with Crippen LogP contribution in [0.25, 0.3) is 0 Å². The fraction of sp³-hybridized carbons (Fsp3) is 0.364. The second-order valence-electron chi connectivity index (χ2n) is 7.58. The average Bonchev–Trinajstić information content (AvgIpc) is 3.29. The highest BCUT2D eigenvalue weighted by molar-refractivity contribution is 14.1. The van der Waals surface area contributed by atoms with E-state index in [1.54, 1.807) is 37.3 Å². The summed E-state index contributed by atoms with van der Waals surface area (Å²) in [7, 11) is -2.75. The van der Waals surface area contributed by atoms with Gasteiger partial charge in [0.15, 0.2) is 11.3 Å². The molecule has 0 bridgehead atoms. The topological polar surface area (TPSA) is 107 Å². The third-order valence-electron chi connectivity index (χ3n) is 5.84. The fourth-order valence-electron chi connectivity index (χ4n) is 3.97. The van der Waals surface area contributed by atoms with Gasteiger partial charge in [0.25, 0.3) is 0 Å². The fourth-order valence-corrected chi connectivity index (χ4v) is 6.00. The molecule has 0 unspecified atom stereocenters. The van der Waals surface area contributed by atoms with E-state index >= 15 is 0 Å². The van der Waals surface area contributed by atoms with Crippen LogP contribution in [0.2, 0.25) is 0 Å². The second-order valence-corrected chi connectivity index (χ2v) is 10.7. The molecule has 2 aromatic rings. The van der Waals surface area contributed by atoms with Crippen LogP contribution in [0.15, 0.2) is 59.5 Å². The van der Waals surface area contributed by atoms with E-state index in [1.165, 1.54) is 19.2 Å². The van der Waals surface area contributed by atoms with Gasteiger partial charge in [0.1, 0.15) is 0 Å². The molecule has 0 saturated carbocycles. The van der Waals surface area contributed by atoms with Crippen LogP contribution in [0.1, 0.15) is 31.2 Å². The van der Waals surface area contributed by atoms with Gasteiger partial charge in [-0.25, -0.2) is 13.2 Å². The van der Waals surface area contributed by atoms with Crippen LogP contribution in [0, 0.1) is 3.57 Å². The highest BCUT2D eigenvalue weighted by atomic mass is 127. The monoisotopic (exact) mass is 556 g/mol. The predicted molar refractivity (Wildman–Crippen MR) is 125 cm³/mol. The van der Waals surface area contributed by atoms with E-state index in [2.05, 4.69) is 22.6 Å². The lowest BCUT2D eigenvalue weighted by atomic mass is 9.75. The van der Waals surface area contributed by atoms with Gasteiger partial charge in [0.05, 0.1) is 18.0 Å². The molecule has 166 valence electrons. The molecule has 0 amide bonds. The van der Waals surface area contributed by atoms with Gasteiger partial charge in [-0.05, 0) is 65.3 Å². The molecule has 1 saturated heterocycles. The number of methoxy groups -OCH3 is 1. The van der Waals surface area contributed by atoms with Crippen molar-refractivity contribution >= 4 is 44.4 Å². The Bertz CT molecular complexity index is 1060. The van der Waals surface area contributed by atoms with Gasteiger partial charge >= 0.3 is 5.97 Å². The van der Waals surface area contributed by atoms with Gasteiger partial charge in [-0.2, -0.15) is 4.31 Å². The molecule has 0 radical (unpaired) electrons. The summed E-state index contributed by atoms with van der Waals surface area (Å²) in [5.74, 6) is -2.25. The Kier molecular flexibility index (Phi) is 7.19. The first-order valence-electron chi connectivity index (χ1n) is 9.88. The molecule has 2 N–H and O–H groups in total. The zero-order chi connectivity index (χ0) is 22.8. The average molecular weight is 556 g/mol. The standard InChI is InChI=1S/C22H25IN2O5S/c1-15(16-10-12-17(23)13-11-16)22(24,21(27)30-2)20(26)19-9-6-14-25(19)31(28,29)18-7-4-3-5-8-18/h3-5,7-8,10-13,15,19H,6,9,14,24H2,1-2H3/t15-,19+,22+/m1/s1. The summed E-state index contributed by atoms with van der Waals surface area (Å²) < 4.78 is 33.5. The summed E-state index contributed by atoms with van der Waals surface area (Å²) in [5.41, 5.74) is 5.15. The number of nitrogens with zero attached hydrogens (tertiary/aromatic N) is 1. The maximum atomic E-state index is 13.7. The van der Waals surface area contributed by atoms with Crippen LogP contribution in [-0.2, 0) is 24.3 Å². The van der Waals surface area contributed by atoms with Crippen LogP contribution in [-0.4, -0.2) is 49.7 Å². The Morgan fingerprint density at radius 1 is 1.16 bits per heavy atom. The Morgan fingerprint density at radius 2 is 1.77 bits per heavy atom. The van der Waals surface area contributed by atoms with Gasteiger partial charge in [-0.15, -0.1) is 0 Å². The molecule has 3 atom stereocenters. The van der Waals surface area contributed by atoms with E-state index < -0.39 is 39.3 Å². The van der Waals surface area contributed by atoms with Crippen molar-refractivity contribution < 1.29 is 22.7 Å². The van der Waals surface area contributed by atoms with Crippen LogP contribution >= 0.6 is 22.6 Å². The van der Waals surface area contributed by atoms with Crippen molar-refractivity contribution in [2.45, 2.75) is 42.2 Å². The Labute approximate surface area is 196 Å². The van der Waals surface area contributed by atoms with Gasteiger partial charge in [-0.1, -0.05) is 37.3 Å². The molecule has 0 spiro atoms. The molecule has 0 aromatic heterocycles. The summed E-state index contributed by atoms with van der Waals surface area (Å²) in [6.07, 6.45) is 0.790. The molecule has 31 heavy (non-hydrogen) atoms. The first-order valence-corrected chi connectivity index (χ1v) is 12.4. The molecule has 0 aliphatic carbocycles. The Balaban J connectivity index is 2.01. The number of rotatable bonds is 7. The number of sulfonamides is 1. The van der Waals surface area contributed by atoms with Crippen molar-refractivity contribution in [3.63, 3.8) is 0 Å². The van der Waals surface area contributed by atoms with E-state index in [1.807, 2.05) is 12.1 Å². The summed E-state index contributed by atoms with van der Waals surface area (Å²) in [5, 5.41) is 0. The van der Waals surface area contributed by atoms with Crippen molar-refractivity contribution in [1.29, 1.82) is 0 Å². The van der Waals surface area contributed by atoms with Crippen molar-refractivity contribution in [1.82, 2.24) is 4.31 Å². The molecule has 1 heterocycles. The van der Waals surface area contributed by atoms with Crippen molar-refractivity contribution in [2.75, 3.05) is 13.7 Å². The smallest absolute Gasteiger partial charge is 0.334 e. The third kappa shape index (κ3) is 4.41. The molecular weight excluding hydrogens is 531 g/mol. The molecular formula is C22H25IN2O5S. The van der Waals surface area contributed by atoms with Crippen LogP contribution in [0.4, 0.5) is 0 Å². The van der Waals surface area contributed by atoms with Crippen LogP contribution < -0.4 is 5.73 Å². The number of carbonyl (C=O) groups is 2. The molecule has 2 aromatic carbocycles. The number of benzene rings is 2. The van der Waals surface area contributed by atoms with E-state index in [-0.39, 0.29) is 11.4 Å². The minimum absolute atomic E-state index is 0.0982. The van der Waals surface area contributed by atoms with Crippen LogP contribution in [0.5, 0.6) is 0 Å². The van der Waals surface area contributed by atoms with E-state index in [0.717, 1.165) is 7.88 Å². The molecule has 1 aliphatic rings. The predicted octanol–water partition coefficient (Wildman–Crippen LogP) is 2.69. The van der Waals surface area contributed by atoms with Crippen molar-refractivity contribution in [3.8, 4) is 0 Å². The Morgan fingerprint density at radius 3 is 2.35 bits per heavy atom. The molecule has 1 fully saturated rings. The quantitative estimate of drug-likeness (QED) is 0.320. The van der Waals surface area contributed by atoms with Gasteiger partial charge in [-0.3, -0.25) is 4.79 Å². The number of ether oxygens (including phenoxy) is 1. The number of ketones is 1. The van der Waals surface area contributed by atoms with Gasteiger partial charge in [0.2, 0.25) is 10.0 Å². The van der Waals surface area contributed by atoms with Crippen molar-refractivity contribution in [2.24, 2.45) is 5.73 Å². The highest BCUT2D eigenvalue weighted by Gasteiger charge is 2.54. The molecule has 7 nitrogen and oxygen atoms in total. The number of halogens is 1. The van der Waals surface area contributed by atoms with Gasteiger partial charge < -0.3 is 10.5 Å². The number of hydrogen-bond donors (Lipinski definition) is 1. The number of Topliss-reactive ketones (excluding diaryl/α,β-unsaturated/α-hetero) is 1. The summed E-state index contributed by atoms with van der Waals surface area (Å²) in [6.45, 7) is 1.87. The molecule has 9 heteroatoms. The first-order chi connectivity index (χ1) is 14.6. The summed E-state index contributed by atoms with van der Waals surface area (Å²) >= 11 is 2.16. The third-order valence-corrected chi connectivity index (χ3v) is 8.48. The number of esters is 1. The van der Waals surface area contributed by atoms with E-state index in [4.69, 9.17) is 10.5 Å². The number of carbonyl (C=O) groups excluding carboxylic acids is 2. The lowest BCUT2D eigenvalue weighted by molar-refractivity contribution is -0.153. The van der Waals surface area contributed by atoms with Crippen LogP contribution in [0.3, 0.4) is 0 Å². The Hall–Kier alpha value is -1.82. The van der Waals surface area contributed by atoms with E-state index in [9.17, 15) is 18.0 Å². The largest absolute Gasteiger partial charge is 0.467 e. The molecule has 1 aliphatic heterocycles. The lowest BCUT2D eigenvalue weighted by Crippen LogP contribution is -2.64. The maximum absolute atomic E-state index is 13.7. The highest BCUT2D eigenvalue weighted by Crippen LogP contribution is 2.35. The minimum atomic E-state index is -3.92. The lowest BCUT2D eigenvalue weighted by Gasteiger charge is -2.35. The summed E-state index contributed by atoms with van der Waals surface area (Å²) in [4.78, 5) is 26.6. The molecule has 3 rings (SSSR count). The van der Waals surface area contributed by atoms with E-state index in [0.29, 0.717) is 18.4 Å². The summed E-state index contributed by atoms with van der Waals surface area (Å²) in [6, 6.07) is 14.2. The first kappa shape index (κ1) is 23.8. The zero-order valence-electron chi connectivity index (χ0n) is 17.3. The number of hydrogen-bond acceptors (Lipinski definition) is 6. The van der Waals surface area contributed by atoms with Crippen molar-refractivity contribution in [3.05, 3.63) is 63.7 Å². The minimum Gasteiger partial charge on any atom is -0.467 e. The van der Waals surface area contributed by atoms with Gasteiger partial charge in [0, 0.05) is 16.0 Å². The number of nitrogens with two attached hydrogens (primary N) is 1. The second kappa shape index (κ2) is 9.35. The maximum Gasteiger partial charge on any atom is 0.334 e. The zero-order valence-corrected chi connectivity index (χ0v) is 20.3. The normalized spacial score (nSPS) is 20.1. The SMILES string of the molecule is COC(=O)[C@@](N)(C(=O)[C@@H]1CCCN1S(=O)(=O)c1ccccc1)[C@H](C)c1ccc(I)cc1.